The van der Waals surface area contributed by atoms with E-state index in [9.17, 15) is 0 Å². The van der Waals surface area contributed by atoms with Gasteiger partial charge in [0, 0.05) is 12.0 Å². The quantitative estimate of drug-likeness (QED) is 0.737. The number of nitrogens with zero attached hydrogens (tertiary/aromatic N) is 6. The smallest absolute Gasteiger partial charge is 0.202 e. The average molecular weight is 314 g/mol. The minimum atomic E-state index is 0.191. The summed E-state index contributed by atoms with van der Waals surface area (Å²) in [6, 6.07) is 3.98. The first-order valence-corrected chi connectivity index (χ1v) is 7.99. The van der Waals surface area contributed by atoms with Crippen LogP contribution < -0.4 is 0 Å². The molecule has 7 nitrogen and oxygen atoms in total. The van der Waals surface area contributed by atoms with Crippen LogP contribution in [0.3, 0.4) is 0 Å². The normalized spacial score (nSPS) is 18.0. The van der Waals surface area contributed by atoms with Crippen molar-refractivity contribution in [3.63, 3.8) is 0 Å². The molecule has 1 saturated heterocycles. The SMILES string of the molecule is Cc1ccc(-c2nc(-c3cscn3)n(C3CCOC3)n2)nn1. The standard InChI is InChI=1S/C14H14N6OS/c1-9-2-3-11(18-17-9)13-16-14(12-7-22-8-15-12)20(19-13)10-4-5-21-6-10/h2-3,7-8,10H,4-6H2,1H3. The van der Waals surface area contributed by atoms with E-state index in [1.807, 2.05) is 29.1 Å². The van der Waals surface area contributed by atoms with E-state index in [1.165, 1.54) is 0 Å². The van der Waals surface area contributed by atoms with Crippen LogP contribution in [0.25, 0.3) is 23.0 Å². The minimum Gasteiger partial charge on any atom is -0.379 e. The highest BCUT2D eigenvalue weighted by molar-refractivity contribution is 7.07. The van der Waals surface area contributed by atoms with Gasteiger partial charge in [-0.2, -0.15) is 5.10 Å². The van der Waals surface area contributed by atoms with Crippen LogP contribution in [0.2, 0.25) is 0 Å². The molecule has 0 saturated carbocycles. The van der Waals surface area contributed by atoms with Crippen LogP contribution in [-0.4, -0.2) is 43.2 Å². The predicted molar refractivity (Wildman–Crippen MR) is 81.4 cm³/mol. The van der Waals surface area contributed by atoms with Gasteiger partial charge in [-0.05, 0) is 25.5 Å². The Kier molecular flexibility index (Phi) is 3.39. The molecule has 0 amide bonds. The van der Waals surface area contributed by atoms with Crippen molar-refractivity contribution in [1.29, 1.82) is 0 Å². The van der Waals surface area contributed by atoms with Gasteiger partial charge in [0.1, 0.15) is 11.4 Å². The van der Waals surface area contributed by atoms with E-state index >= 15 is 0 Å². The van der Waals surface area contributed by atoms with Crippen molar-refractivity contribution in [2.24, 2.45) is 0 Å². The van der Waals surface area contributed by atoms with Crippen molar-refractivity contribution in [3.8, 4) is 23.0 Å². The van der Waals surface area contributed by atoms with Gasteiger partial charge in [-0.1, -0.05) is 0 Å². The van der Waals surface area contributed by atoms with Crippen LogP contribution in [0.1, 0.15) is 18.2 Å². The van der Waals surface area contributed by atoms with Crippen LogP contribution in [0.15, 0.2) is 23.0 Å². The molecule has 1 aliphatic heterocycles. The lowest BCUT2D eigenvalue weighted by atomic mass is 10.2. The van der Waals surface area contributed by atoms with E-state index < -0.39 is 0 Å². The molecule has 0 radical (unpaired) electrons. The lowest BCUT2D eigenvalue weighted by Crippen LogP contribution is -2.12. The first-order valence-electron chi connectivity index (χ1n) is 7.05. The lowest BCUT2D eigenvalue weighted by molar-refractivity contribution is 0.185. The number of hydrogen-bond acceptors (Lipinski definition) is 7. The van der Waals surface area contributed by atoms with Crippen molar-refractivity contribution in [1.82, 2.24) is 29.9 Å². The Morgan fingerprint density at radius 2 is 2.23 bits per heavy atom. The van der Waals surface area contributed by atoms with Crippen molar-refractivity contribution >= 4 is 11.3 Å². The van der Waals surface area contributed by atoms with Gasteiger partial charge in [0.2, 0.25) is 5.82 Å². The molecular formula is C14H14N6OS. The Balaban J connectivity index is 1.80. The summed E-state index contributed by atoms with van der Waals surface area (Å²) < 4.78 is 7.40. The molecule has 3 aromatic rings. The molecule has 8 heteroatoms. The summed E-state index contributed by atoms with van der Waals surface area (Å²) >= 11 is 1.54. The highest BCUT2D eigenvalue weighted by Gasteiger charge is 2.25. The number of aryl methyl sites for hydroxylation is 1. The molecule has 1 aliphatic rings. The summed E-state index contributed by atoms with van der Waals surface area (Å²) in [5.74, 6) is 1.33. The number of thiazole rings is 1. The second-order valence-corrected chi connectivity index (χ2v) is 5.87. The van der Waals surface area contributed by atoms with Gasteiger partial charge in [0.15, 0.2) is 5.82 Å². The molecule has 112 valence electrons. The number of aromatic nitrogens is 6. The molecule has 0 bridgehead atoms. The highest BCUT2D eigenvalue weighted by atomic mass is 32.1. The minimum absolute atomic E-state index is 0.191. The Morgan fingerprint density at radius 1 is 1.27 bits per heavy atom. The lowest BCUT2D eigenvalue weighted by Gasteiger charge is -2.09. The molecule has 22 heavy (non-hydrogen) atoms. The zero-order valence-electron chi connectivity index (χ0n) is 12.0. The van der Waals surface area contributed by atoms with E-state index in [-0.39, 0.29) is 6.04 Å². The van der Waals surface area contributed by atoms with E-state index in [4.69, 9.17) is 4.74 Å². The Hall–Kier alpha value is -2.19. The molecule has 3 aromatic heterocycles. The molecular weight excluding hydrogens is 300 g/mol. The van der Waals surface area contributed by atoms with Gasteiger partial charge in [-0.15, -0.1) is 21.5 Å². The highest BCUT2D eigenvalue weighted by Crippen LogP contribution is 2.27. The first-order chi connectivity index (χ1) is 10.8. The second-order valence-electron chi connectivity index (χ2n) is 5.15. The van der Waals surface area contributed by atoms with E-state index in [1.54, 1.807) is 16.8 Å². The van der Waals surface area contributed by atoms with Crippen LogP contribution in [0, 0.1) is 6.92 Å². The van der Waals surface area contributed by atoms with Gasteiger partial charge in [0.25, 0.3) is 0 Å². The van der Waals surface area contributed by atoms with Gasteiger partial charge >= 0.3 is 0 Å². The maximum atomic E-state index is 5.48. The fourth-order valence-electron chi connectivity index (χ4n) is 2.42. The largest absolute Gasteiger partial charge is 0.379 e. The van der Waals surface area contributed by atoms with Crippen molar-refractivity contribution in [3.05, 3.63) is 28.7 Å². The number of rotatable bonds is 3. The zero-order valence-corrected chi connectivity index (χ0v) is 12.8. The maximum Gasteiger partial charge on any atom is 0.202 e. The molecule has 1 unspecified atom stereocenters. The molecule has 0 N–H and O–H groups in total. The van der Waals surface area contributed by atoms with E-state index in [2.05, 4.69) is 25.3 Å². The van der Waals surface area contributed by atoms with Gasteiger partial charge < -0.3 is 4.74 Å². The number of ether oxygens (including phenoxy) is 1. The van der Waals surface area contributed by atoms with Crippen molar-refractivity contribution in [2.75, 3.05) is 13.2 Å². The monoisotopic (exact) mass is 314 g/mol. The van der Waals surface area contributed by atoms with Crippen LogP contribution in [-0.2, 0) is 4.74 Å². The summed E-state index contributed by atoms with van der Waals surface area (Å²) in [6.07, 6.45) is 0.930. The summed E-state index contributed by atoms with van der Waals surface area (Å²) in [7, 11) is 0. The van der Waals surface area contributed by atoms with Gasteiger partial charge in [-0.25, -0.2) is 14.6 Å². The Labute approximate surface area is 131 Å². The van der Waals surface area contributed by atoms with Gasteiger partial charge in [-0.3, -0.25) is 0 Å². The Morgan fingerprint density at radius 3 is 2.91 bits per heavy atom. The fraction of sp³-hybridized carbons (Fsp3) is 0.357. The molecule has 4 heterocycles. The van der Waals surface area contributed by atoms with Crippen LogP contribution >= 0.6 is 11.3 Å². The second kappa shape index (κ2) is 5.54. The van der Waals surface area contributed by atoms with Crippen LogP contribution in [0.4, 0.5) is 0 Å². The molecule has 0 aromatic carbocycles. The predicted octanol–water partition coefficient (Wildman–Crippen LogP) is 2.13. The molecule has 0 spiro atoms. The molecule has 1 fully saturated rings. The van der Waals surface area contributed by atoms with Crippen molar-refractivity contribution < 1.29 is 4.74 Å². The maximum absolute atomic E-state index is 5.48. The zero-order chi connectivity index (χ0) is 14.9. The third kappa shape index (κ3) is 2.40. The molecule has 4 rings (SSSR count). The Bertz CT molecular complexity index is 761. The topological polar surface area (TPSA) is 78.6 Å². The molecule has 1 atom stereocenters. The third-order valence-electron chi connectivity index (χ3n) is 3.57. The average Bonchev–Trinajstić information content (AvgIpc) is 3.27. The summed E-state index contributed by atoms with van der Waals surface area (Å²) in [4.78, 5) is 8.99. The van der Waals surface area contributed by atoms with E-state index in [0.717, 1.165) is 30.2 Å². The summed E-state index contributed by atoms with van der Waals surface area (Å²) in [6.45, 7) is 3.31. The van der Waals surface area contributed by atoms with Gasteiger partial charge in [0.05, 0.1) is 23.9 Å². The van der Waals surface area contributed by atoms with Crippen LogP contribution in [0.5, 0.6) is 0 Å². The third-order valence-corrected chi connectivity index (χ3v) is 4.16. The van der Waals surface area contributed by atoms with Crippen molar-refractivity contribution in [2.45, 2.75) is 19.4 Å². The first kappa shape index (κ1) is 13.5. The van der Waals surface area contributed by atoms with E-state index in [0.29, 0.717) is 18.1 Å². The summed E-state index contributed by atoms with van der Waals surface area (Å²) in [5, 5.41) is 14.9. The fourth-order valence-corrected chi connectivity index (χ4v) is 2.95. The number of hydrogen-bond donors (Lipinski definition) is 0. The molecule has 0 aliphatic carbocycles. The summed E-state index contributed by atoms with van der Waals surface area (Å²) in [5.41, 5.74) is 4.16.